The summed E-state index contributed by atoms with van der Waals surface area (Å²) in [5.74, 6) is 0.327. The number of hydrogen-bond donors (Lipinski definition) is 2. The van der Waals surface area contributed by atoms with Crippen molar-refractivity contribution in [2.45, 2.75) is 38.1 Å². The molecule has 5 nitrogen and oxygen atoms in total. The van der Waals surface area contributed by atoms with Gasteiger partial charge in [0.15, 0.2) is 0 Å². The number of nitrogens with one attached hydrogen (secondary N) is 2. The number of anilines is 1. The summed E-state index contributed by atoms with van der Waals surface area (Å²) in [7, 11) is 0. The number of H-pyrrole nitrogens is 1. The maximum Gasteiger partial charge on any atom is 0.235 e. The molecule has 1 aromatic heterocycles. The monoisotopic (exact) mass is 462 g/mol. The van der Waals surface area contributed by atoms with Crippen LogP contribution in [0.5, 0.6) is 0 Å². The Morgan fingerprint density at radius 2 is 1.83 bits per heavy atom. The van der Waals surface area contributed by atoms with Gasteiger partial charge in [-0.25, -0.2) is 0 Å². The average molecular weight is 463 g/mol. The Morgan fingerprint density at radius 3 is 2.63 bits per heavy atom. The molecule has 35 heavy (non-hydrogen) atoms. The van der Waals surface area contributed by atoms with E-state index in [0.717, 1.165) is 59.5 Å². The number of carbonyl (C=O) groups excluding carboxylic acids is 1. The van der Waals surface area contributed by atoms with Crippen LogP contribution in [0.2, 0.25) is 0 Å². The van der Waals surface area contributed by atoms with Crippen LogP contribution >= 0.6 is 0 Å². The van der Waals surface area contributed by atoms with Gasteiger partial charge in [0, 0.05) is 23.5 Å². The van der Waals surface area contributed by atoms with Crippen molar-refractivity contribution in [1.82, 2.24) is 15.1 Å². The summed E-state index contributed by atoms with van der Waals surface area (Å²) in [4.78, 5) is 15.3. The van der Waals surface area contributed by atoms with Crippen molar-refractivity contribution < 1.29 is 4.79 Å². The predicted octanol–water partition coefficient (Wildman–Crippen LogP) is 5.95. The van der Waals surface area contributed by atoms with Crippen molar-refractivity contribution in [2.24, 2.45) is 0 Å². The minimum Gasteiger partial charge on any atom is -0.325 e. The molecule has 2 atom stereocenters. The highest BCUT2D eigenvalue weighted by atomic mass is 16.2. The molecule has 1 aliphatic heterocycles. The van der Waals surface area contributed by atoms with Crippen LogP contribution in [0.1, 0.15) is 54.1 Å². The lowest BCUT2D eigenvalue weighted by Gasteiger charge is -2.17. The van der Waals surface area contributed by atoms with Crippen LogP contribution in [0.25, 0.3) is 23.1 Å². The average Bonchev–Trinajstić information content (AvgIpc) is 3.43. The Balaban J connectivity index is 1.20. The Hall–Kier alpha value is -3.70. The normalized spacial score (nSPS) is 20.8. The van der Waals surface area contributed by atoms with Gasteiger partial charge in [0.05, 0.1) is 16.6 Å². The second-order valence-electron chi connectivity index (χ2n) is 9.68. The maximum absolute atomic E-state index is 12.8. The molecule has 1 saturated carbocycles. The SMILES string of the molecule is CCN(CC)Cc1ccc(C=Cc2n[nH]c3cc([C@@H]4C[C@@]45C(=O)Nc4ccccc45)ccc23)cc1. The Bertz CT molecular complexity index is 1430. The smallest absolute Gasteiger partial charge is 0.235 e. The fourth-order valence-corrected chi connectivity index (χ4v) is 5.57. The van der Waals surface area contributed by atoms with Crippen LogP contribution in [0, 0.1) is 0 Å². The van der Waals surface area contributed by atoms with Gasteiger partial charge >= 0.3 is 0 Å². The number of carbonyl (C=O) groups is 1. The van der Waals surface area contributed by atoms with Crippen molar-refractivity contribution in [3.63, 3.8) is 0 Å². The number of aromatic nitrogens is 2. The van der Waals surface area contributed by atoms with Crippen LogP contribution in [-0.2, 0) is 16.8 Å². The molecule has 2 N–H and O–H groups in total. The van der Waals surface area contributed by atoms with E-state index in [1.54, 1.807) is 0 Å². The van der Waals surface area contributed by atoms with E-state index in [4.69, 9.17) is 0 Å². The van der Waals surface area contributed by atoms with E-state index >= 15 is 0 Å². The Kier molecular flexibility index (Phi) is 5.30. The zero-order valence-electron chi connectivity index (χ0n) is 20.2. The Labute approximate surface area is 205 Å². The van der Waals surface area contributed by atoms with Gasteiger partial charge in [0.1, 0.15) is 0 Å². The summed E-state index contributed by atoms with van der Waals surface area (Å²) in [5, 5.41) is 11.9. The summed E-state index contributed by atoms with van der Waals surface area (Å²) in [6, 6.07) is 23.3. The topological polar surface area (TPSA) is 61.0 Å². The minimum absolute atomic E-state index is 0.125. The first-order valence-corrected chi connectivity index (χ1v) is 12.5. The number of amides is 1. The second kappa shape index (κ2) is 8.51. The summed E-state index contributed by atoms with van der Waals surface area (Å²) >= 11 is 0. The first kappa shape index (κ1) is 21.8. The second-order valence-corrected chi connectivity index (χ2v) is 9.68. The van der Waals surface area contributed by atoms with Gasteiger partial charge < -0.3 is 5.32 Å². The van der Waals surface area contributed by atoms with E-state index in [0.29, 0.717) is 0 Å². The molecule has 2 heterocycles. The number of para-hydroxylation sites is 1. The predicted molar refractivity (Wildman–Crippen MR) is 142 cm³/mol. The van der Waals surface area contributed by atoms with Gasteiger partial charge in [0.25, 0.3) is 0 Å². The molecule has 1 fully saturated rings. The van der Waals surface area contributed by atoms with Crippen LogP contribution < -0.4 is 5.32 Å². The molecule has 176 valence electrons. The molecular formula is C30H30N4O. The number of fused-ring (bicyclic) bond motifs is 3. The van der Waals surface area contributed by atoms with Crippen molar-refractivity contribution >= 4 is 34.6 Å². The van der Waals surface area contributed by atoms with Crippen molar-refractivity contribution in [3.8, 4) is 0 Å². The third kappa shape index (κ3) is 3.67. The molecule has 2 aliphatic rings. The zero-order valence-corrected chi connectivity index (χ0v) is 20.2. The van der Waals surface area contributed by atoms with Crippen LogP contribution in [0.4, 0.5) is 5.69 Å². The van der Waals surface area contributed by atoms with Crippen LogP contribution in [0.3, 0.4) is 0 Å². The largest absolute Gasteiger partial charge is 0.325 e. The quantitative estimate of drug-likeness (QED) is 0.357. The minimum atomic E-state index is -0.412. The van der Waals surface area contributed by atoms with E-state index in [-0.39, 0.29) is 11.8 Å². The van der Waals surface area contributed by atoms with E-state index in [1.165, 1.54) is 11.1 Å². The maximum atomic E-state index is 12.8. The van der Waals surface area contributed by atoms with E-state index in [2.05, 4.69) is 94.9 Å². The number of aromatic amines is 1. The van der Waals surface area contributed by atoms with Crippen LogP contribution in [-0.4, -0.2) is 34.1 Å². The summed E-state index contributed by atoms with van der Waals surface area (Å²) < 4.78 is 0. The number of nitrogens with zero attached hydrogens (tertiary/aromatic N) is 2. The van der Waals surface area contributed by atoms with Gasteiger partial charge in [-0.1, -0.05) is 74.5 Å². The van der Waals surface area contributed by atoms with Gasteiger partial charge in [0.2, 0.25) is 5.91 Å². The van der Waals surface area contributed by atoms with E-state index in [1.807, 2.05) is 18.2 Å². The summed E-state index contributed by atoms with van der Waals surface area (Å²) in [5.41, 5.74) is 7.28. The summed E-state index contributed by atoms with van der Waals surface area (Å²) in [6.07, 6.45) is 5.03. The molecule has 0 bridgehead atoms. The molecule has 0 unspecified atom stereocenters. The molecular weight excluding hydrogens is 432 g/mol. The first-order valence-electron chi connectivity index (χ1n) is 12.5. The highest BCUT2D eigenvalue weighted by Gasteiger charge is 2.65. The molecule has 1 spiro atoms. The molecule has 4 aromatic rings. The highest BCUT2D eigenvalue weighted by Crippen LogP contribution is 2.64. The van der Waals surface area contributed by atoms with Crippen LogP contribution in [0.15, 0.2) is 66.7 Å². The van der Waals surface area contributed by atoms with Gasteiger partial charge in [-0.3, -0.25) is 14.8 Å². The highest BCUT2D eigenvalue weighted by molar-refractivity contribution is 6.09. The number of hydrogen-bond acceptors (Lipinski definition) is 3. The number of benzene rings is 3. The lowest BCUT2D eigenvalue weighted by Crippen LogP contribution is -2.21. The fourth-order valence-electron chi connectivity index (χ4n) is 5.57. The lowest BCUT2D eigenvalue weighted by atomic mass is 9.92. The van der Waals surface area contributed by atoms with Gasteiger partial charge in [-0.15, -0.1) is 0 Å². The summed E-state index contributed by atoms with van der Waals surface area (Å²) in [6.45, 7) is 7.51. The number of rotatable bonds is 7. The molecule has 0 radical (unpaired) electrons. The molecule has 6 rings (SSSR count). The van der Waals surface area contributed by atoms with Crippen molar-refractivity contribution in [2.75, 3.05) is 18.4 Å². The molecule has 1 amide bonds. The third-order valence-electron chi connectivity index (χ3n) is 7.75. The molecule has 5 heteroatoms. The lowest BCUT2D eigenvalue weighted by molar-refractivity contribution is -0.118. The first-order chi connectivity index (χ1) is 17.1. The van der Waals surface area contributed by atoms with E-state index < -0.39 is 5.41 Å². The van der Waals surface area contributed by atoms with Gasteiger partial charge in [-0.05, 0) is 60.0 Å². The third-order valence-corrected chi connectivity index (χ3v) is 7.75. The van der Waals surface area contributed by atoms with Crippen molar-refractivity contribution in [3.05, 3.63) is 94.7 Å². The molecule has 1 aliphatic carbocycles. The van der Waals surface area contributed by atoms with Crippen molar-refractivity contribution in [1.29, 1.82) is 0 Å². The standard InChI is InChI=1S/C30H30N4O/c1-3-34(4-2)19-21-11-9-20(10-12-21)13-16-26-23-15-14-22(17-28(23)33-32-26)25-18-30(25)24-7-5-6-8-27(24)31-29(30)35/h5-17,25H,3-4,18-19H2,1-2H3,(H,31,35)(H,32,33)/t25-,30-/m0/s1. The van der Waals surface area contributed by atoms with Gasteiger partial charge in [-0.2, -0.15) is 5.10 Å². The van der Waals surface area contributed by atoms with E-state index in [9.17, 15) is 4.79 Å². The Morgan fingerprint density at radius 1 is 1.03 bits per heavy atom. The zero-order chi connectivity index (χ0) is 24.0. The fraction of sp³-hybridized carbons (Fsp3) is 0.267. The molecule has 0 saturated heterocycles. The molecule has 3 aromatic carbocycles.